The fourth-order valence-electron chi connectivity index (χ4n) is 3.48. The van der Waals surface area contributed by atoms with Gasteiger partial charge >= 0.3 is 6.09 Å². The topological polar surface area (TPSA) is 78.4 Å². The van der Waals surface area contributed by atoms with Crippen LogP contribution in [0.2, 0.25) is 5.02 Å². The minimum atomic E-state index is -0.957. The van der Waals surface area contributed by atoms with Gasteiger partial charge in [0.05, 0.1) is 16.9 Å². The Morgan fingerprint density at radius 1 is 1.30 bits per heavy atom. The van der Waals surface area contributed by atoms with Crippen molar-refractivity contribution < 1.29 is 9.90 Å². The molecule has 0 unspecified atom stereocenters. The smallest absolute Gasteiger partial charge is 0.411 e. The van der Waals surface area contributed by atoms with Gasteiger partial charge in [0.25, 0.3) is 0 Å². The van der Waals surface area contributed by atoms with E-state index in [2.05, 4.69) is 28.3 Å². The van der Waals surface area contributed by atoms with Gasteiger partial charge in [-0.05, 0) is 47.6 Å². The van der Waals surface area contributed by atoms with Gasteiger partial charge in [0.1, 0.15) is 5.82 Å². The number of nitrogens with one attached hydrogen (secondary N) is 1. The molecular weight excluding hydrogens is 364 g/mol. The number of anilines is 2. The second-order valence-corrected chi connectivity index (χ2v) is 6.95. The average molecular weight is 383 g/mol. The van der Waals surface area contributed by atoms with Gasteiger partial charge in [0.15, 0.2) is 0 Å². The number of hydrogen-bond donors (Lipinski definition) is 2. The quantitative estimate of drug-likeness (QED) is 0.676. The van der Waals surface area contributed by atoms with Crippen LogP contribution in [0.1, 0.15) is 18.9 Å². The van der Waals surface area contributed by atoms with E-state index in [-0.39, 0.29) is 0 Å². The molecule has 3 heterocycles. The van der Waals surface area contributed by atoms with Crippen LogP contribution < -0.4 is 10.2 Å². The standard InChI is InChI=1S/C20H19ClN4O2/c1-2-4-23-19-8-13-6-12(7-17(21)16(13)10-24-19)15-9-22-11-18-14(15)3-5-25(18)20(26)27/h6-11H,2-5H2,1H3,(H,23,24)(H,26,27). The molecular formula is C20H19ClN4O2. The van der Waals surface area contributed by atoms with Crippen molar-refractivity contribution in [3.05, 3.63) is 47.4 Å². The van der Waals surface area contributed by atoms with Crippen molar-refractivity contribution in [2.45, 2.75) is 19.8 Å². The summed E-state index contributed by atoms with van der Waals surface area (Å²) in [6.45, 7) is 3.40. The molecule has 0 radical (unpaired) electrons. The van der Waals surface area contributed by atoms with Crippen molar-refractivity contribution in [1.29, 1.82) is 0 Å². The molecule has 4 rings (SSSR count). The predicted molar refractivity (Wildman–Crippen MR) is 108 cm³/mol. The Bertz CT molecular complexity index is 1040. The molecule has 0 saturated heterocycles. The van der Waals surface area contributed by atoms with E-state index in [1.807, 2.05) is 12.1 Å². The summed E-state index contributed by atoms with van der Waals surface area (Å²) < 4.78 is 0. The Balaban J connectivity index is 1.82. The zero-order valence-electron chi connectivity index (χ0n) is 14.9. The number of hydrogen-bond acceptors (Lipinski definition) is 4. The van der Waals surface area contributed by atoms with E-state index >= 15 is 0 Å². The average Bonchev–Trinajstić information content (AvgIpc) is 3.10. The number of aromatic nitrogens is 2. The second-order valence-electron chi connectivity index (χ2n) is 6.54. The van der Waals surface area contributed by atoms with Gasteiger partial charge < -0.3 is 10.4 Å². The first-order valence-electron chi connectivity index (χ1n) is 8.89. The maximum atomic E-state index is 11.4. The van der Waals surface area contributed by atoms with Gasteiger partial charge in [0.2, 0.25) is 0 Å². The van der Waals surface area contributed by atoms with Gasteiger partial charge in [-0.1, -0.05) is 18.5 Å². The van der Waals surface area contributed by atoms with Crippen molar-refractivity contribution in [2.24, 2.45) is 0 Å². The molecule has 0 aliphatic carbocycles. The van der Waals surface area contributed by atoms with Crippen LogP contribution in [0.15, 0.2) is 36.8 Å². The Morgan fingerprint density at radius 2 is 2.15 bits per heavy atom. The first-order chi connectivity index (χ1) is 13.1. The van der Waals surface area contributed by atoms with Crippen LogP contribution in [-0.2, 0) is 6.42 Å². The molecule has 1 aliphatic heterocycles. The fraction of sp³-hybridized carbons (Fsp3) is 0.250. The van der Waals surface area contributed by atoms with Crippen LogP contribution in [0.5, 0.6) is 0 Å². The Labute approximate surface area is 161 Å². The van der Waals surface area contributed by atoms with E-state index in [9.17, 15) is 9.90 Å². The summed E-state index contributed by atoms with van der Waals surface area (Å²) in [6, 6.07) is 5.94. The zero-order valence-corrected chi connectivity index (χ0v) is 15.6. The van der Waals surface area contributed by atoms with Gasteiger partial charge in [-0.3, -0.25) is 9.88 Å². The normalized spacial score (nSPS) is 13.0. The number of rotatable bonds is 4. The van der Waals surface area contributed by atoms with Crippen LogP contribution in [0, 0.1) is 0 Å². The SMILES string of the molecule is CCCNc1cc2cc(-c3cncc4c3CCN4C(=O)O)cc(Cl)c2cn1. The minimum absolute atomic E-state index is 0.444. The van der Waals surface area contributed by atoms with E-state index < -0.39 is 6.09 Å². The summed E-state index contributed by atoms with van der Waals surface area (Å²) in [5.41, 5.74) is 3.48. The summed E-state index contributed by atoms with van der Waals surface area (Å²) in [5.74, 6) is 0.811. The number of carbonyl (C=O) groups is 1. The lowest BCUT2D eigenvalue weighted by atomic mass is 9.98. The highest BCUT2D eigenvalue weighted by atomic mass is 35.5. The molecule has 0 spiro atoms. The van der Waals surface area contributed by atoms with Crippen molar-refractivity contribution >= 4 is 40.0 Å². The fourth-order valence-corrected chi connectivity index (χ4v) is 3.76. The molecule has 1 aliphatic rings. The number of carboxylic acid groups (broad SMARTS) is 1. The summed E-state index contributed by atoms with van der Waals surface area (Å²) >= 11 is 6.51. The molecule has 1 amide bonds. The number of amides is 1. The van der Waals surface area contributed by atoms with Crippen molar-refractivity contribution in [1.82, 2.24) is 9.97 Å². The number of nitrogens with zero attached hydrogens (tertiary/aromatic N) is 3. The first-order valence-corrected chi connectivity index (χ1v) is 9.27. The largest absolute Gasteiger partial charge is 0.465 e. The van der Waals surface area contributed by atoms with Crippen molar-refractivity contribution in [3.8, 4) is 11.1 Å². The number of pyridine rings is 2. The van der Waals surface area contributed by atoms with E-state index in [0.29, 0.717) is 23.7 Å². The molecule has 3 aromatic rings. The van der Waals surface area contributed by atoms with Gasteiger partial charge in [-0.25, -0.2) is 9.78 Å². The summed E-state index contributed by atoms with van der Waals surface area (Å²) in [5, 5.41) is 15.1. The summed E-state index contributed by atoms with van der Waals surface area (Å²) in [7, 11) is 0. The highest BCUT2D eigenvalue weighted by Crippen LogP contribution is 2.38. The van der Waals surface area contributed by atoms with Crippen molar-refractivity contribution in [3.63, 3.8) is 0 Å². The predicted octanol–water partition coefficient (Wildman–Crippen LogP) is 4.81. The zero-order chi connectivity index (χ0) is 19.0. The molecule has 6 nitrogen and oxygen atoms in total. The molecule has 0 atom stereocenters. The Kier molecular flexibility index (Phi) is 4.58. The maximum absolute atomic E-state index is 11.4. The lowest BCUT2D eigenvalue weighted by Gasteiger charge is -2.14. The molecule has 7 heteroatoms. The summed E-state index contributed by atoms with van der Waals surface area (Å²) in [4.78, 5) is 21.4. The third-order valence-corrected chi connectivity index (χ3v) is 5.11. The first kappa shape index (κ1) is 17.5. The Morgan fingerprint density at radius 3 is 2.93 bits per heavy atom. The van der Waals surface area contributed by atoms with Crippen LogP contribution in [0.25, 0.3) is 21.9 Å². The molecule has 1 aromatic carbocycles. The molecule has 138 valence electrons. The van der Waals surface area contributed by atoms with Crippen LogP contribution in [0.4, 0.5) is 16.3 Å². The lowest BCUT2D eigenvalue weighted by molar-refractivity contribution is 0.202. The van der Waals surface area contributed by atoms with E-state index in [4.69, 9.17) is 11.6 Å². The van der Waals surface area contributed by atoms with E-state index in [1.165, 1.54) is 4.90 Å². The number of fused-ring (bicyclic) bond motifs is 2. The lowest BCUT2D eigenvalue weighted by Crippen LogP contribution is -2.26. The highest BCUT2D eigenvalue weighted by molar-refractivity contribution is 6.36. The molecule has 0 bridgehead atoms. The molecule has 2 N–H and O–H groups in total. The minimum Gasteiger partial charge on any atom is -0.465 e. The van der Waals surface area contributed by atoms with Crippen LogP contribution >= 0.6 is 11.6 Å². The second kappa shape index (κ2) is 7.04. The molecule has 0 fully saturated rings. The monoisotopic (exact) mass is 382 g/mol. The molecule has 27 heavy (non-hydrogen) atoms. The van der Waals surface area contributed by atoms with Gasteiger partial charge in [-0.2, -0.15) is 0 Å². The maximum Gasteiger partial charge on any atom is 0.411 e. The summed E-state index contributed by atoms with van der Waals surface area (Å²) in [6.07, 6.45) is 5.89. The van der Waals surface area contributed by atoms with E-state index in [0.717, 1.165) is 46.2 Å². The molecule has 2 aromatic heterocycles. The van der Waals surface area contributed by atoms with E-state index in [1.54, 1.807) is 18.6 Å². The third-order valence-electron chi connectivity index (χ3n) is 4.80. The highest BCUT2D eigenvalue weighted by Gasteiger charge is 2.27. The van der Waals surface area contributed by atoms with Crippen LogP contribution in [-0.4, -0.2) is 34.3 Å². The number of benzene rings is 1. The molecule has 0 saturated carbocycles. The number of halogens is 1. The van der Waals surface area contributed by atoms with Gasteiger partial charge in [0, 0.05) is 36.4 Å². The Hall–Kier alpha value is -2.86. The van der Waals surface area contributed by atoms with Gasteiger partial charge in [-0.15, -0.1) is 0 Å². The van der Waals surface area contributed by atoms with Crippen LogP contribution in [0.3, 0.4) is 0 Å². The third kappa shape index (κ3) is 3.17. The van der Waals surface area contributed by atoms with Crippen molar-refractivity contribution in [2.75, 3.05) is 23.3 Å².